The highest BCUT2D eigenvalue weighted by Gasteiger charge is 2.54. The summed E-state index contributed by atoms with van der Waals surface area (Å²) in [6.45, 7) is 6.35. The molecule has 0 N–H and O–H groups in total. The maximum atomic E-state index is 6.99. The van der Waals surface area contributed by atoms with Crippen LogP contribution in [-0.4, -0.2) is 33.1 Å². The van der Waals surface area contributed by atoms with Gasteiger partial charge in [0, 0.05) is 26.7 Å². The van der Waals surface area contributed by atoms with Crippen LogP contribution in [0.1, 0.15) is 84.5 Å². The molecule has 244 valence electrons. The number of rotatable bonds is 12. The summed E-state index contributed by atoms with van der Waals surface area (Å²) in [5.41, 5.74) is 4.87. The van der Waals surface area contributed by atoms with Crippen LogP contribution in [0.25, 0.3) is 0 Å². The standard InChI is InChI=1S/C39H48N6O2/c1-27-42(3)21-23-44(27)19-11-9-17-39(18-10-12-20-45-24-22-43(4)28(45)2,37-40-35-31-15-7-5-13-29(31)25-33(35)46-37)38-41-36-32-16-8-6-14-30(32)26-34(36)47-38/h5-8,13-16,21-24,33-36H,9-12,17-20,25-26H2,1-4H3/q+2/t33-,34-,35+,36+/m0/s1. The number of aliphatic imine (C=N–C) groups is 2. The molecule has 8 rings (SSSR count). The van der Waals surface area contributed by atoms with E-state index in [4.69, 9.17) is 19.5 Å². The van der Waals surface area contributed by atoms with Gasteiger partial charge in [-0.1, -0.05) is 48.5 Å². The summed E-state index contributed by atoms with van der Waals surface area (Å²) in [6.07, 6.45) is 16.6. The monoisotopic (exact) mass is 632 g/mol. The molecule has 0 saturated carbocycles. The highest BCUT2D eigenvalue weighted by atomic mass is 16.5. The van der Waals surface area contributed by atoms with Gasteiger partial charge in [0.2, 0.25) is 0 Å². The molecule has 4 atom stereocenters. The summed E-state index contributed by atoms with van der Waals surface area (Å²) in [5.74, 6) is 4.27. The quantitative estimate of drug-likeness (QED) is 0.147. The van der Waals surface area contributed by atoms with Gasteiger partial charge in [0.1, 0.15) is 54.5 Å². The Bertz CT molecular complexity index is 1720. The van der Waals surface area contributed by atoms with Gasteiger partial charge in [-0.05, 0) is 60.8 Å². The van der Waals surface area contributed by atoms with Gasteiger partial charge in [0.05, 0.1) is 27.2 Å². The summed E-state index contributed by atoms with van der Waals surface area (Å²) in [5, 5.41) is 0. The molecule has 4 aromatic rings. The van der Waals surface area contributed by atoms with E-state index in [-0.39, 0.29) is 24.3 Å². The van der Waals surface area contributed by atoms with Crippen LogP contribution < -0.4 is 9.13 Å². The third-order valence-electron chi connectivity index (χ3n) is 11.4. The van der Waals surface area contributed by atoms with Crippen molar-refractivity contribution in [2.75, 3.05) is 0 Å². The van der Waals surface area contributed by atoms with Crippen molar-refractivity contribution in [1.29, 1.82) is 0 Å². The molecule has 0 fully saturated rings. The van der Waals surface area contributed by atoms with Gasteiger partial charge in [0.15, 0.2) is 11.8 Å². The fraction of sp³-hybridized carbons (Fsp3) is 0.487. The summed E-state index contributed by atoms with van der Waals surface area (Å²) >= 11 is 0. The lowest BCUT2D eigenvalue weighted by atomic mass is 9.77. The molecule has 0 amide bonds. The van der Waals surface area contributed by atoms with Crippen molar-refractivity contribution in [1.82, 2.24) is 9.13 Å². The zero-order valence-corrected chi connectivity index (χ0v) is 28.3. The molecule has 2 aliphatic heterocycles. The normalized spacial score (nSPS) is 22.3. The topological polar surface area (TPSA) is 60.8 Å². The van der Waals surface area contributed by atoms with Crippen LogP contribution >= 0.6 is 0 Å². The largest absolute Gasteiger partial charge is 0.474 e. The maximum absolute atomic E-state index is 6.99. The summed E-state index contributed by atoms with van der Waals surface area (Å²) in [4.78, 5) is 10.9. The summed E-state index contributed by atoms with van der Waals surface area (Å²) in [7, 11) is 4.22. The van der Waals surface area contributed by atoms with Gasteiger partial charge in [-0.15, -0.1) is 0 Å². The number of nitrogens with zero attached hydrogens (tertiary/aromatic N) is 6. The predicted octanol–water partition coefficient (Wildman–Crippen LogP) is 5.77. The number of unbranched alkanes of at least 4 members (excludes halogenated alkanes) is 2. The number of benzene rings is 2. The Morgan fingerprint density at radius 1 is 0.681 bits per heavy atom. The molecule has 0 saturated heterocycles. The zero-order chi connectivity index (χ0) is 32.1. The van der Waals surface area contributed by atoms with Gasteiger partial charge in [0.25, 0.3) is 11.6 Å². The van der Waals surface area contributed by atoms with Crippen molar-refractivity contribution < 1.29 is 18.6 Å². The van der Waals surface area contributed by atoms with E-state index in [0.29, 0.717) is 0 Å². The fourth-order valence-electron chi connectivity index (χ4n) is 8.40. The Labute approximate surface area is 278 Å². The van der Waals surface area contributed by atoms with Gasteiger partial charge in [-0.3, -0.25) is 0 Å². The van der Waals surface area contributed by atoms with Gasteiger partial charge in [-0.25, -0.2) is 28.3 Å². The first-order valence-corrected chi connectivity index (χ1v) is 17.6. The molecule has 0 unspecified atom stereocenters. The second-order valence-corrected chi connectivity index (χ2v) is 14.2. The molecule has 47 heavy (non-hydrogen) atoms. The number of fused-ring (bicyclic) bond motifs is 6. The molecule has 0 spiro atoms. The third-order valence-corrected chi connectivity index (χ3v) is 11.4. The van der Waals surface area contributed by atoms with Crippen molar-refractivity contribution in [2.24, 2.45) is 29.5 Å². The molecule has 2 aliphatic carbocycles. The zero-order valence-electron chi connectivity index (χ0n) is 28.3. The maximum Gasteiger partial charge on any atom is 0.253 e. The Balaban J connectivity index is 1.12. The van der Waals surface area contributed by atoms with Crippen molar-refractivity contribution in [3.05, 3.63) is 107 Å². The minimum atomic E-state index is -0.481. The molecular weight excluding hydrogens is 584 g/mol. The highest BCUT2D eigenvalue weighted by Crippen LogP contribution is 2.50. The van der Waals surface area contributed by atoms with Gasteiger partial charge in [-0.2, -0.15) is 0 Å². The molecule has 2 aromatic carbocycles. The highest BCUT2D eigenvalue weighted by molar-refractivity contribution is 6.06. The lowest BCUT2D eigenvalue weighted by Gasteiger charge is -2.33. The number of hydrogen-bond donors (Lipinski definition) is 0. The second-order valence-electron chi connectivity index (χ2n) is 14.2. The summed E-state index contributed by atoms with van der Waals surface area (Å²) in [6, 6.07) is 17.6. The number of hydrogen-bond acceptors (Lipinski definition) is 4. The lowest BCUT2D eigenvalue weighted by Crippen LogP contribution is -2.42. The van der Waals surface area contributed by atoms with E-state index in [1.54, 1.807) is 0 Å². The van der Waals surface area contributed by atoms with Gasteiger partial charge >= 0.3 is 0 Å². The SMILES string of the molecule is Cc1n(CCCCC(CCCCn2cc[n+](C)c2C)(C2=N[C@@H]3c4ccccc4C[C@@H]3O2)C2=N[C@@H]3c4ccccc4C[C@@H]3O2)cc[n+]1C. The fourth-order valence-corrected chi connectivity index (χ4v) is 8.40. The first kappa shape index (κ1) is 30.2. The van der Waals surface area contributed by atoms with Gasteiger partial charge < -0.3 is 9.47 Å². The Kier molecular flexibility index (Phi) is 7.77. The van der Waals surface area contributed by atoms with E-state index < -0.39 is 5.41 Å². The van der Waals surface area contributed by atoms with E-state index >= 15 is 0 Å². The number of aryl methyl sites for hydroxylation is 4. The number of imidazole rings is 2. The average Bonchev–Trinajstić information content (AvgIpc) is 3.92. The van der Waals surface area contributed by atoms with Crippen molar-refractivity contribution in [2.45, 2.75) is 103 Å². The Morgan fingerprint density at radius 2 is 1.13 bits per heavy atom. The van der Waals surface area contributed by atoms with Crippen LogP contribution in [0, 0.1) is 19.3 Å². The molecular formula is C39H48N6O2+2. The van der Waals surface area contributed by atoms with Crippen molar-refractivity contribution in [3.8, 4) is 0 Å². The molecule has 2 aromatic heterocycles. The second kappa shape index (κ2) is 12.1. The van der Waals surface area contributed by atoms with E-state index in [9.17, 15) is 0 Å². The third kappa shape index (κ3) is 5.30. The first-order valence-electron chi connectivity index (χ1n) is 17.6. The number of aromatic nitrogens is 4. The molecule has 8 heteroatoms. The van der Waals surface area contributed by atoms with Crippen LogP contribution in [-0.2, 0) is 49.5 Å². The van der Waals surface area contributed by atoms with E-state index in [2.05, 4.69) is 120 Å². The predicted molar refractivity (Wildman–Crippen MR) is 181 cm³/mol. The molecule has 4 heterocycles. The molecule has 4 aliphatic rings. The van der Waals surface area contributed by atoms with Crippen LogP contribution in [0.4, 0.5) is 0 Å². The lowest BCUT2D eigenvalue weighted by molar-refractivity contribution is -0.677. The molecule has 8 nitrogen and oxygen atoms in total. The smallest absolute Gasteiger partial charge is 0.253 e. The van der Waals surface area contributed by atoms with Crippen LogP contribution in [0.5, 0.6) is 0 Å². The minimum absolute atomic E-state index is 0.0489. The van der Waals surface area contributed by atoms with E-state index in [0.717, 1.165) is 76.3 Å². The van der Waals surface area contributed by atoms with Crippen molar-refractivity contribution in [3.63, 3.8) is 0 Å². The van der Waals surface area contributed by atoms with E-state index in [1.165, 1.54) is 33.9 Å². The van der Waals surface area contributed by atoms with E-state index in [1.807, 2.05) is 0 Å². The average molecular weight is 633 g/mol. The molecule has 0 radical (unpaired) electrons. The Morgan fingerprint density at radius 3 is 1.55 bits per heavy atom. The first-order chi connectivity index (χ1) is 22.9. The van der Waals surface area contributed by atoms with Crippen LogP contribution in [0.15, 0.2) is 83.3 Å². The Hall–Kier alpha value is -4.20. The van der Waals surface area contributed by atoms with Crippen LogP contribution in [0.2, 0.25) is 0 Å². The van der Waals surface area contributed by atoms with Crippen molar-refractivity contribution >= 4 is 11.8 Å². The number of ether oxygens (including phenoxy) is 2. The van der Waals surface area contributed by atoms with Crippen LogP contribution in [0.3, 0.4) is 0 Å². The summed E-state index contributed by atoms with van der Waals surface area (Å²) < 4.78 is 23.1. The minimum Gasteiger partial charge on any atom is -0.474 e. The molecule has 0 bridgehead atoms.